The molecular formula is C9H12N4O. The first-order chi connectivity index (χ1) is 6.79. The summed E-state index contributed by atoms with van der Waals surface area (Å²) in [5.41, 5.74) is 7.05. The van der Waals surface area contributed by atoms with E-state index in [2.05, 4.69) is 15.0 Å². The molecular weight excluding hydrogens is 180 g/mol. The summed E-state index contributed by atoms with van der Waals surface area (Å²) in [6.45, 7) is 0.245. The van der Waals surface area contributed by atoms with Crippen LogP contribution >= 0.6 is 0 Å². The van der Waals surface area contributed by atoms with Crippen LogP contribution in [0.3, 0.4) is 0 Å². The van der Waals surface area contributed by atoms with Crippen LogP contribution in [0.5, 0.6) is 0 Å². The average molecular weight is 192 g/mol. The van der Waals surface area contributed by atoms with Crippen LogP contribution in [0.1, 0.15) is 5.82 Å². The first-order valence-corrected chi connectivity index (χ1v) is 4.46. The number of rotatable bonds is 3. The van der Waals surface area contributed by atoms with Gasteiger partial charge >= 0.3 is 0 Å². The highest BCUT2D eigenvalue weighted by atomic mass is 16.3. The van der Waals surface area contributed by atoms with Crippen LogP contribution in [-0.4, -0.2) is 32.7 Å². The number of hydrogen-bond acceptors (Lipinski definition) is 4. The summed E-state index contributed by atoms with van der Waals surface area (Å²) < 4.78 is 0. The minimum Gasteiger partial charge on any atom is -0.391 e. The Morgan fingerprint density at radius 1 is 1.57 bits per heavy atom. The van der Waals surface area contributed by atoms with E-state index in [1.54, 1.807) is 12.4 Å². The second-order valence-electron chi connectivity index (χ2n) is 3.17. The third kappa shape index (κ3) is 1.73. The van der Waals surface area contributed by atoms with Gasteiger partial charge in [-0.15, -0.1) is 0 Å². The van der Waals surface area contributed by atoms with Crippen molar-refractivity contribution in [3.05, 3.63) is 24.3 Å². The highest BCUT2D eigenvalue weighted by Gasteiger charge is 2.07. The Balaban J connectivity index is 2.27. The summed E-state index contributed by atoms with van der Waals surface area (Å²) in [6.07, 6.45) is 3.31. The maximum atomic E-state index is 9.34. The quantitative estimate of drug-likeness (QED) is 0.629. The Morgan fingerprint density at radius 2 is 2.43 bits per heavy atom. The molecule has 74 valence electrons. The fourth-order valence-electron chi connectivity index (χ4n) is 1.31. The number of hydrogen-bond donors (Lipinski definition) is 3. The molecule has 0 aliphatic heterocycles. The van der Waals surface area contributed by atoms with Gasteiger partial charge in [0.2, 0.25) is 0 Å². The van der Waals surface area contributed by atoms with Gasteiger partial charge in [0.05, 0.1) is 23.3 Å². The second-order valence-corrected chi connectivity index (χ2v) is 3.17. The molecule has 1 unspecified atom stereocenters. The molecule has 5 heteroatoms. The fraction of sp³-hybridized carbons (Fsp3) is 0.333. The van der Waals surface area contributed by atoms with E-state index in [-0.39, 0.29) is 6.54 Å². The number of H-pyrrole nitrogens is 1. The maximum Gasteiger partial charge on any atom is 0.109 e. The van der Waals surface area contributed by atoms with Crippen LogP contribution in [0, 0.1) is 0 Å². The highest BCUT2D eigenvalue weighted by Crippen LogP contribution is 2.09. The molecule has 14 heavy (non-hydrogen) atoms. The van der Waals surface area contributed by atoms with E-state index in [0.717, 1.165) is 16.9 Å². The molecule has 4 N–H and O–H groups in total. The first-order valence-electron chi connectivity index (χ1n) is 4.46. The topological polar surface area (TPSA) is 87.8 Å². The van der Waals surface area contributed by atoms with Crippen molar-refractivity contribution >= 4 is 11.0 Å². The third-order valence-corrected chi connectivity index (χ3v) is 2.03. The number of aromatic nitrogens is 3. The predicted octanol–water partition coefficient (Wildman–Crippen LogP) is -0.180. The number of fused-ring (bicyclic) bond motifs is 1. The Kier molecular flexibility index (Phi) is 2.43. The molecule has 2 aromatic rings. The number of aliphatic hydroxyl groups is 1. The zero-order valence-corrected chi connectivity index (χ0v) is 7.64. The van der Waals surface area contributed by atoms with Gasteiger partial charge in [0, 0.05) is 19.2 Å². The minimum atomic E-state index is -0.538. The SMILES string of the molecule is NCC(O)Cc1nc2ccncc2[nH]1. The lowest BCUT2D eigenvalue weighted by molar-refractivity contribution is 0.181. The molecule has 2 aromatic heterocycles. The largest absolute Gasteiger partial charge is 0.391 e. The van der Waals surface area contributed by atoms with E-state index in [4.69, 9.17) is 5.73 Å². The van der Waals surface area contributed by atoms with Crippen LogP contribution in [0.2, 0.25) is 0 Å². The summed E-state index contributed by atoms with van der Waals surface area (Å²) in [5.74, 6) is 0.742. The van der Waals surface area contributed by atoms with Crippen molar-refractivity contribution in [1.82, 2.24) is 15.0 Å². The molecule has 2 rings (SSSR count). The van der Waals surface area contributed by atoms with Gasteiger partial charge in [-0.3, -0.25) is 4.98 Å². The number of imidazole rings is 1. The van der Waals surface area contributed by atoms with E-state index in [0.29, 0.717) is 6.42 Å². The monoisotopic (exact) mass is 192 g/mol. The van der Waals surface area contributed by atoms with Crippen molar-refractivity contribution in [2.24, 2.45) is 5.73 Å². The van der Waals surface area contributed by atoms with Gasteiger partial charge in [-0.1, -0.05) is 0 Å². The molecule has 0 radical (unpaired) electrons. The molecule has 5 nitrogen and oxygen atoms in total. The molecule has 1 atom stereocenters. The average Bonchev–Trinajstić information content (AvgIpc) is 2.59. The van der Waals surface area contributed by atoms with Crippen LogP contribution in [0.15, 0.2) is 18.5 Å². The molecule has 0 saturated heterocycles. The number of pyridine rings is 1. The van der Waals surface area contributed by atoms with Gasteiger partial charge in [0.25, 0.3) is 0 Å². The number of nitrogens with one attached hydrogen (secondary N) is 1. The summed E-state index contributed by atoms with van der Waals surface area (Å²) in [5, 5.41) is 9.34. The van der Waals surface area contributed by atoms with E-state index in [1.807, 2.05) is 6.07 Å². The van der Waals surface area contributed by atoms with Crippen LogP contribution < -0.4 is 5.73 Å². The van der Waals surface area contributed by atoms with Crippen LogP contribution in [0.4, 0.5) is 0 Å². The lowest BCUT2D eigenvalue weighted by atomic mass is 10.2. The van der Waals surface area contributed by atoms with Crippen molar-refractivity contribution in [3.63, 3.8) is 0 Å². The van der Waals surface area contributed by atoms with E-state index >= 15 is 0 Å². The molecule has 0 aliphatic rings. The third-order valence-electron chi connectivity index (χ3n) is 2.03. The Labute approximate surface area is 81.0 Å². The zero-order chi connectivity index (χ0) is 9.97. The summed E-state index contributed by atoms with van der Waals surface area (Å²) in [6, 6.07) is 1.82. The maximum absolute atomic E-state index is 9.34. The van der Waals surface area contributed by atoms with Crippen LogP contribution in [-0.2, 0) is 6.42 Å². The van der Waals surface area contributed by atoms with Gasteiger partial charge in [-0.25, -0.2) is 4.98 Å². The Bertz CT molecular complexity index is 392. The molecule has 0 spiro atoms. The smallest absolute Gasteiger partial charge is 0.109 e. The molecule has 0 amide bonds. The number of nitrogens with two attached hydrogens (primary N) is 1. The highest BCUT2D eigenvalue weighted by molar-refractivity contribution is 5.73. The predicted molar refractivity (Wildman–Crippen MR) is 52.7 cm³/mol. The number of nitrogens with zero attached hydrogens (tertiary/aromatic N) is 2. The minimum absolute atomic E-state index is 0.245. The van der Waals surface area contributed by atoms with Crippen molar-refractivity contribution in [2.45, 2.75) is 12.5 Å². The standard InChI is InChI=1S/C9H12N4O/c10-4-6(14)3-9-12-7-1-2-11-5-8(7)13-9/h1-2,5-6,14H,3-4,10H2,(H,12,13). The van der Waals surface area contributed by atoms with E-state index in [1.165, 1.54) is 0 Å². The molecule has 0 aromatic carbocycles. The number of aromatic amines is 1. The summed E-state index contributed by atoms with van der Waals surface area (Å²) in [7, 11) is 0. The van der Waals surface area contributed by atoms with Gasteiger partial charge in [0.15, 0.2) is 0 Å². The van der Waals surface area contributed by atoms with Crippen molar-refractivity contribution in [2.75, 3.05) is 6.54 Å². The van der Waals surface area contributed by atoms with Crippen molar-refractivity contribution < 1.29 is 5.11 Å². The normalized spacial score (nSPS) is 13.3. The Hall–Kier alpha value is -1.46. The van der Waals surface area contributed by atoms with Crippen LogP contribution in [0.25, 0.3) is 11.0 Å². The molecule has 2 heterocycles. The second kappa shape index (κ2) is 3.73. The summed E-state index contributed by atoms with van der Waals surface area (Å²) in [4.78, 5) is 11.3. The zero-order valence-electron chi connectivity index (χ0n) is 7.64. The lowest BCUT2D eigenvalue weighted by Gasteiger charge is -2.03. The van der Waals surface area contributed by atoms with Gasteiger partial charge < -0.3 is 15.8 Å². The van der Waals surface area contributed by atoms with E-state index < -0.39 is 6.10 Å². The molecule has 0 bridgehead atoms. The van der Waals surface area contributed by atoms with Crippen molar-refractivity contribution in [1.29, 1.82) is 0 Å². The van der Waals surface area contributed by atoms with Gasteiger partial charge in [0.1, 0.15) is 5.82 Å². The van der Waals surface area contributed by atoms with Gasteiger partial charge in [-0.05, 0) is 6.07 Å². The van der Waals surface area contributed by atoms with E-state index in [9.17, 15) is 5.11 Å². The summed E-state index contributed by atoms with van der Waals surface area (Å²) >= 11 is 0. The number of aliphatic hydroxyl groups excluding tert-OH is 1. The molecule has 0 aliphatic carbocycles. The first kappa shape index (κ1) is 9.11. The molecule has 0 saturated carbocycles. The lowest BCUT2D eigenvalue weighted by Crippen LogP contribution is -2.22. The van der Waals surface area contributed by atoms with Crippen molar-refractivity contribution in [3.8, 4) is 0 Å². The van der Waals surface area contributed by atoms with Gasteiger partial charge in [-0.2, -0.15) is 0 Å². The Morgan fingerprint density at radius 3 is 3.14 bits per heavy atom. The fourth-order valence-corrected chi connectivity index (χ4v) is 1.31. The molecule has 0 fully saturated rings.